The molecule has 0 bridgehead atoms. The molecular weight excluding hydrogens is 384 g/mol. The average Bonchev–Trinajstić information content (AvgIpc) is 2.77. The van der Waals surface area contributed by atoms with Crippen LogP contribution in [-0.4, -0.2) is 25.5 Å². The molecule has 0 radical (unpaired) electrons. The fourth-order valence-electron chi connectivity index (χ4n) is 3.21. The Hall–Kier alpha value is -3.80. The Bertz CT molecular complexity index is 1120. The summed E-state index contributed by atoms with van der Waals surface area (Å²) >= 11 is 0. The van der Waals surface area contributed by atoms with Crippen LogP contribution in [0.25, 0.3) is 21.5 Å². The van der Waals surface area contributed by atoms with Gasteiger partial charge >= 0.3 is 12.3 Å². The summed E-state index contributed by atoms with van der Waals surface area (Å²) in [5, 5.41) is 2.49. The molecule has 0 aliphatic heterocycles. The van der Waals surface area contributed by atoms with E-state index >= 15 is 0 Å². The van der Waals surface area contributed by atoms with Gasteiger partial charge in [0.2, 0.25) is 0 Å². The minimum atomic E-state index is -0.845. The molecule has 6 nitrogen and oxygen atoms in total. The maximum atomic E-state index is 12.2. The lowest BCUT2D eigenvalue weighted by molar-refractivity contribution is 0.109. The van der Waals surface area contributed by atoms with Gasteiger partial charge in [0.1, 0.15) is 19.0 Å². The minimum absolute atomic E-state index is 0.0330. The highest BCUT2D eigenvalue weighted by Gasteiger charge is 2.22. The Morgan fingerprint density at radius 1 is 0.800 bits per heavy atom. The van der Waals surface area contributed by atoms with Crippen molar-refractivity contribution in [3.05, 3.63) is 73.3 Å². The Kier molecular flexibility index (Phi) is 6.70. The van der Waals surface area contributed by atoms with Crippen molar-refractivity contribution < 1.29 is 28.5 Å². The molecule has 154 valence electrons. The molecule has 0 atom stereocenters. The summed E-state index contributed by atoms with van der Waals surface area (Å²) in [6.07, 6.45) is 1.90. The fraction of sp³-hybridized carbons (Fsp3) is 0.167. The van der Waals surface area contributed by atoms with E-state index in [9.17, 15) is 9.59 Å². The molecule has 0 aliphatic carbocycles. The third-order valence-electron chi connectivity index (χ3n) is 4.43. The van der Waals surface area contributed by atoms with E-state index in [4.69, 9.17) is 18.9 Å². The zero-order valence-electron chi connectivity index (χ0n) is 16.7. The largest absolute Gasteiger partial charge is 0.514 e. The third-order valence-corrected chi connectivity index (χ3v) is 4.43. The van der Waals surface area contributed by atoms with Crippen molar-refractivity contribution in [2.45, 2.75) is 13.3 Å². The van der Waals surface area contributed by atoms with Gasteiger partial charge in [-0.15, -0.1) is 0 Å². The first-order valence-corrected chi connectivity index (χ1v) is 9.48. The molecular formula is C24H22O6. The van der Waals surface area contributed by atoms with Gasteiger partial charge < -0.3 is 18.9 Å². The fourth-order valence-corrected chi connectivity index (χ4v) is 3.21. The third kappa shape index (κ3) is 4.27. The zero-order valence-corrected chi connectivity index (χ0v) is 16.7. The van der Waals surface area contributed by atoms with Crippen LogP contribution in [0.5, 0.6) is 11.5 Å². The molecule has 0 fully saturated rings. The molecule has 0 N–H and O–H groups in total. The summed E-state index contributed by atoms with van der Waals surface area (Å²) < 4.78 is 21.2. The van der Waals surface area contributed by atoms with Crippen molar-refractivity contribution in [2.75, 3.05) is 13.2 Å². The Balaban J connectivity index is 2.25. The molecule has 3 rings (SSSR count). The Morgan fingerprint density at radius 3 is 1.90 bits per heavy atom. The van der Waals surface area contributed by atoms with E-state index < -0.39 is 12.3 Å². The van der Waals surface area contributed by atoms with Crippen LogP contribution in [0.1, 0.15) is 12.5 Å². The topological polar surface area (TPSA) is 71.1 Å². The normalized spacial score (nSPS) is 10.4. The maximum Gasteiger partial charge on any atom is 0.514 e. The van der Waals surface area contributed by atoms with Crippen molar-refractivity contribution in [3.8, 4) is 11.5 Å². The first-order valence-electron chi connectivity index (χ1n) is 9.48. The van der Waals surface area contributed by atoms with Crippen LogP contribution in [0.4, 0.5) is 9.59 Å². The van der Waals surface area contributed by atoms with E-state index in [1.54, 1.807) is 24.3 Å². The van der Waals surface area contributed by atoms with Gasteiger partial charge in [0.15, 0.2) is 5.75 Å². The monoisotopic (exact) mass is 406 g/mol. The molecule has 30 heavy (non-hydrogen) atoms. The van der Waals surface area contributed by atoms with Crippen LogP contribution in [0, 0.1) is 0 Å². The summed E-state index contributed by atoms with van der Waals surface area (Å²) in [5.41, 5.74) is 0.925. The highest BCUT2D eigenvalue weighted by Crippen LogP contribution is 2.44. The van der Waals surface area contributed by atoms with Gasteiger partial charge in [0.05, 0.1) is 0 Å². The first kappa shape index (κ1) is 20.9. The van der Waals surface area contributed by atoms with E-state index in [2.05, 4.69) is 13.2 Å². The van der Waals surface area contributed by atoms with Gasteiger partial charge in [-0.05, 0) is 12.0 Å². The van der Waals surface area contributed by atoms with Crippen LogP contribution in [0.15, 0.2) is 67.8 Å². The molecule has 0 saturated heterocycles. The van der Waals surface area contributed by atoms with Gasteiger partial charge in [-0.3, -0.25) is 0 Å². The van der Waals surface area contributed by atoms with Crippen molar-refractivity contribution in [1.82, 2.24) is 0 Å². The second-order valence-electron chi connectivity index (χ2n) is 6.30. The lowest BCUT2D eigenvalue weighted by Crippen LogP contribution is -2.13. The van der Waals surface area contributed by atoms with Crippen molar-refractivity contribution >= 4 is 33.9 Å². The molecule has 3 aromatic carbocycles. The maximum absolute atomic E-state index is 12.2. The molecule has 3 aromatic rings. The summed E-state index contributed by atoms with van der Waals surface area (Å²) in [4.78, 5) is 24.4. The van der Waals surface area contributed by atoms with E-state index in [1.807, 2.05) is 25.1 Å². The van der Waals surface area contributed by atoms with Gasteiger partial charge in [-0.25, -0.2) is 9.59 Å². The van der Waals surface area contributed by atoms with Crippen LogP contribution in [0.3, 0.4) is 0 Å². The molecule has 0 saturated carbocycles. The quantitative estimate of drug-likeness (QED) is 0.209. The van der Waals surface area contributed by atoms with E-state index in [1.165, 1.54) is 12.2 Å². The number of hydrogen-bond donors (Lipinski definition) is 0. The second-order valence-corrected chi connectivity index (χ2v) is 6.30. The standard InChI is InChI=1S/C24H22O6/c1-4-14-27-23(25)29-21-17-11-7-8-12-18(17)22(30-24(26)28-15-5-2)20-16(6-3)10-9-13-19(20)21/h4-5,7-13H,1-2,6,14-15H2,3H3. The highest BCUT2D eigenvalue weighted by atomic mass is 16.7. The average molecular weight is 406 g/mol. The number of aryl methyl sites for hydroxylation is 1. The lowest BCUT2D eigenvalue weighted by atomic mass is 9.96. The second kappa shape index (κ2) is 9.60. The van der Waals surface area contributed by atoms with Crippen LogP contribution in [-0.2, 0) is 15.9 Å². The number of benzene rings is 3. The summed E-state index contributed by atoms with van der Waals surface area (Å²) in [7, 11) is 0. The van der Waals surface area contributed by atoms with E-state index in [0.29, 0.717) is 39.5 Å². The van der Waals surface area contributed by atoms with Crippen molar-refractivity contribution in [1.29, 1.82) is 0 Å². The molecule has 0 spiro atoms. The van der Waals surface area contributed by atoms with Crippen LogP contribution < -0.4 is 9.47 Å². The predicted molar refractivity (Wildman–Crippen MR) is 115 cm³/mol. The lowest BCUT2D eigenvalue weighted by Gasteiger charge is -2.17. The molecule has 0 aromatic heterocycles. The minimum Gasteiger partial charge on any atom is -0.430 e. The number of carbonyl (C=O) groups is 2. The number of fused-ring (bicyclic) bond motifs is 2. The first-order chi connectivity index (χ1) is 14.6. The molecule has 6 heteroatoms. The summed E-state index contributed by atoms with van der Waals surface area (Å²) in [6.45, 7) is 9.11. The van der Waals surface area contributed by atoms with Gasteiger partial charge in [-0.2, -0.15) is 0 Å². The predicted octanol–water partition coefficient (Wildman–Crippen LogP) is 5.96. The van der Waals surface area contributed by atoms with Crippen LogP contribution >= 0.6 is 0 Å². The Morgan fingerprint density at radius 2 is 1.33 bits per heavy atom. The van der Waals surface area contributed by atoms with E-state index in [-0.39, 0.29) is 13.2 Å². The van der Waals surface area contributed by atoms with Gasteiger partial charge in [-0.1, -0.05) is 74.7 Å². The van der Waals surface area contributed by atoms with Crippen LogP contribution in [0.2, 0.25) is 0 Å². The van der Waals surface area contributed by atoms with Gasteiger partial charge in [0.25, 0.3) is 0 Å². The molecule has 0 aliphatic rings. The van der Waals surface area contributed by atoms with Crippen molar-refractivity contribution in [3.63, 3.8) is 0 Å². The highest BCUT2D eigenvalue weighted by molar-refractivity contribution is 6.13. The Labute approximate surface area is 174 Å². The smallest absolute Gasteiger partial charge is 0.430 e. The molecule has 0 unspecified atom stereocenters. The number of rotatable bonds is 7. The summed E-state index contributed by atoms with van der Waals surface area (Å²) in [6, 6.07) is 12.8. The number of ether oxygens (including phenoxy) is 4. The number of hydrogen-bond acceptors (Lipinski definition) is 6. The molecule has 0 amide bonds. The SMILES string of the molecule is C=CCOC(=O)Oc1c2ccccc2c(OC(=O)OCC=C)c2c(CC)cccc12. The van der Waals surface area contributed by atoms with E-state index in [0.717, 1.165) is 5.56 Å². The summed E-state index contributed by atoms with van der Waals surface area (Å²) in [5.74, 6) is 0.677. The van der Waals surface area contributed by atoms with Crippen molar-refractivity contribution in [2.24, 2.45) is 0 Å². The number of carbonyl (C=O) groups excluding carboxylic acids is 2. The molecule has 0 heterocycles. The zero-order chi connectivity index (χ0) is 21.5. The van der Waals surface area contributed by atoms with Gasteiger partial charge in [0, 0.05) is 21.5 Å².